The molecule has 3 nitrogen and oxygen atoms in total. The standard InChI is InChI=1S/C13H15BrN2O/c1-2-3-4-9-16-12(17)8-6-10-5-7-11(14)15-13(10)16/h2,5,7H,1,3-4,6,8-9H2. The first-order valence-electron chi connectivity index (χ1n) is 5.79. The lowest BCUT2D eigenvalue weighted by molar-refractivity contribution is -0.118. The minimum Gasteiger partial charge on any atom is -0.297 e. The number of nitrogens with zero attached hydrogens (tertiary/aromatic N) is 2. The second-order valence-corrected chi connectivity index (χ2v) is 4.91. The third-order valence-corrected chi connectivity index (χ3v) is 3.32. The lowest BCUT2D eigenvalue weighted by Gasteiger charge is -2.28. The van der Waals surface area contributed by atoms with Crippen molar-refractivity contribution in [1.29, 1.82) is 0 Å². The molecule has 0 spiro atoms. The molecule has 1 aromatic heterocycles. The molecule has 1 aliphatic rings. The highest BCUT2D eigenvalue weighted by molar-refractivity contribution is 9.10. The summed E-state index contributed by atoms with van der Waals surface area (Å²) in [4.78, 5) is 18.1. The fourth-order valence-corrected chi connectivity index (χ4v) is 2.30. The van der Waals surface area contributed by atoms with E-state index in [4.69, 9.17) is 0 Å². The lowest BCUT2D eigenvalue weighted by Crippen LogP contribution is -2.36. The van der Waals surface area contributed by atoms with E-state index in [0.717, 1.165) is 41.8 Å². The summed E-state index contributed by atoms with van der Waals surface area (Å²) in [5, 5.41) is 0. The maximum Gasteiger partial charge on any atom is 0.228 e. The Morgan fingerprint density at radius 3 is 3.06 bits per heavy atom. The van der Waals surface area contributed by atoms with E-state index >= 15 is 0 Å². The summed E-state index contributed by atoms with van der Waals surface area (Å²) >= 11 is 3.35. The van der Waals surface area contributed by atoms with Gasteiger partial charge in [-0.25, -0.2) is 4.98 Å². The van der Waals surface area contributed by atoms with Crippen LogP contribution in [0.15, 0.2) is 29.4 Å². The fraction of sp³-hybridized carbons (Fsp3) is 0.385. The number of hydrogen-bond donors (Lipinski definition) is 0. The number of amides is 1. The van der Waals surface area contributed by atoms with Gasteiger partial charge in [0.05, 0.1) is 0 Å². The highest BCUT2D eigenvalue weighted by Gasteiger charge is 2.24. The average Bonchev–Trinajstić information content (AvgIpc) is 2.32. The van der Waals surface area contributed by atoms with Gasteiger partial charge in [-0.15, -0.1) is 6.58 Å². The van der Waals surface area contributed by atoms with Gasteiger partial charge in [0.2, 0.25) is 5.91 Å². The van der Waals surface area contributed by atoms with Gasteiger partial charge in [0, 0.05) is 13.0 Å². The molecular weight excluding hydrogens is 280 g/mol. The first-order chi connectivity index (χ1) is 8.22. The van der Waals surface area contributed by atoms with Crippen molar-refractivity contribution < 1.29 is 4.79 Å². The zero-order valence-electron chi connectivity index (χ0n) is 9.66. The average molecular weight is 295 g/mol. The summed E-state index contributed by atoms with van der Waals surface area (Å²) in [6.07, 6.45) is 5.12. The summed E-state index contributed by atoms with van der Waals surface area (Å²) in [5.41, 5.74) is 1.16. The van der Waals surface area contributed by atoms with Crippen LogP contribution in [0.4, 0.5) is 5.82 Å². The molecule has 90 valence electrons. The van der Waals surface area contributed by atoms with Gasteiger partial charge in [0.25, 0.3) is 0 Å². The summed E-state index contributed by atoms with van der Waals surface area (Å²) in [6, 6.07) is 3.97. The Kier molecular flexibility index (Phi) is 3.94. The molecule has 0 aliphatic carbocycles. The molecule has 0 atom stereocenters. The highest BCUT2D eigenvalue weighted by Crippen LogP contribution is 2.27. The summed E-state index contributed by atoms with van der Waals surface area (Å²) in [6.45, 7) is 4.42. The number of carbonyl (C=O) groups excluding carboxylic acids is 1. The summed E-state index contributed by atoms with van der Waals surface area (Å²) < 4.78 is 0.777. The first kappa shape index (κ1) is 12.3. The molecule has 0 saturated carbocycles. The zero-order valence-corrected chi connectivity index (χ0v) is 11.2. The van der Waals surface area contributed by atoms with E-state index in [1.807, 2.05) is 18.2 Å². The van der Waals surface area contributed by atoms with Crippen LogP contribution >= 0.6 is 15.9 Å². The molecular formula is C13H15BrN2O. The van der Waals surface area contributed by atoms with Crippen LogP contribution < -0.4 is 4.90 Å². The van der Waals surface area contributed by atoms with Gasteiger partial charge in [0.15, 0.2) is 0 Å². The molecule has 0 bridgehead atoms. The third kappa shape index (κ3) is 2.75. The van der Waals surface area contributed by atoms with Crippen molar-refractivity contribution in [3.63, 3.8) is 0 Å². The van der Waals surface area contributed by atoms with Crippen molar-refractivity contribution in [2.24, 2.45) is 0 Å². The van der Waals surface area contributed by atoms with Gasteiger partial charge < -0.3 is 0 Å². The molecule has 1 aliphatic heterocycles. The van der Waals surface area contributed by atoms with E-state index < -0.39 is 0 Å². The Hall–Kier alpha value is -1.16. The van der Waals surface area contributed by atoms with Gasteiger partial charge >= 0.3 is 0 Å². The van der Waals surface area contributed by atoms with Gasteiger partial charge in [0.1, 0.15) is 10.4 Å². The van der Waals surface area contributed by atoms with Crippen molar-refractivity contribution >= 4 is 27.7 Å². The molecule has 1 aromatic rings. The van der Waals surface area contributed by atoms with Crippen molar-refractivity contribution in [2.45, 2.75) is 25.7 Å². The van der Waals surface area contributed by atoms with Crippen LogP contribution in [0.25, 0.3) is 0 Å². The van der Waals surface area contributed by atoms with Crippen LogP contribution in [-0.2, 0) is 11.2 Å². The largest absolute Gasteiger partial charge is 0.297 e. The van der Waals surface area contributed by atoms with Gasteiger partial charge in [-0.05, 0) is 46.8 Å². The maximum absolute atomic E-state index is 11.9. The Labute approximate surface area is 110 Å². The van der Waals surface area contributed by atoms with E-state index in [2.05, 4.69) is 27.5 Å². The smallest absolute Gasteiger partial charge is 0.228 e. The Bertz CT molecular complexity index is 445. The molecule has 2 rings (SSSR count). The molecule has 0 unspecified atom stereocenters. The second-order valence-electron chi connectivity index (χ2n) is 4.09. The van der Waals surface area contributed by atoms with Crippen LogP contribution in [0.2, 0.25) is 0 Å². The number of carbonyl (C=O) groups is 1. The Morgan fingerprint density at radius 1 is 1.47 bits per heavy atom. The van der Waals surface area contributed by atoms with Crippen molar-refractivity contribution in [3.8, 4) is 0 Å². The molecule has 17 heavy (non-hydrogen) atoms. The fourth-order valence-electron chi connectivity index (χ4n) is 2.00. The number of fused-ring (bicyclic) bond motifs is 1. The van der Waals surface area contributed by atoms with E-state index in [1.54, 1.807) is 4.90 Å². The Balaban J connectivity index is 2.22. The number of anilines is 1. The van der Waals surface area contributed by atoms with E-state index in [0.29, 0.717) is 6.42 Å². The minimum atomic E-state index is 0.173. The molecule has 0 N–H and O–H groups in total. The van der Waals surface area contributed by atoms with E-state index in [9.17, 15) is 4.79 Å². The number of unbranched alkanes of at least 4 members (excludes halogenated alkanes) is 1. The second kappa shape index (κ2) is 5.45. The topological polar surface area (TPSA) is 33.2 Å². The lowest BCUT2D eigenvalue weighted by atomic mass is 10.0. The zero-order chi connectivity index (χ0) is 12.3. The predicted octanol–water partition coefficient (Wildman–Crippen LogP) is 3.09. The monoisotopic (exact) mass is 294 g/mol. The van der Waals surface area contributed by atoms with Crippen LogP contribution in [0, 0.1) is 0 Å². The van der Waals surface area contributed by atoms with Crippen molar-refractivity contribution in [1.82, 2.24) is 4.98 Å². The normalized spacial score (nSPS) is 14.6. The number of aromatic nitrogens is 1. The van der Waals surface area contributed by atoms with Crippen LogP contribution in [0.3, 0.4) is 0 Å². The first-order valence-corrected chi connectivity index (χ1v) is 6.58. The van der Waals surface area contributed by atoms with Gasteiger partial charge in [-0.1, -0.05) is 12.1 Å². The molecule has 0 aromatic carbocycles. The molecule has 0 fully saturated rings. The predicted molar refractivity (Wildman–Crippen MR) is 72.0 cm³/mol. The van der Waals surface area contributed by atoms with Crippen LogP contribution in [0.1, 0.15) is 24.8 Å². The number of allylic oxidation sites excluding steroid dienone is 1. The molecule has 1 amide bonds. The maximum atomic E-state index is 11.9. The molecule has 4 heteroatoms. The number of rotatable bonds is 4. The van der Waals surface area contributed by atoms with Crippen LogP contribution in [-0.4, -0.2) is 17.4 Å². The Morgan fingerprint density at radius 2 is 2.29 bits per heavy atom. The number of pyridine rings is 1. The minimum absolute atomic E-state index is 0.173. The SMILES string of the molecule is C=CCCCN1C(=O)CCc2ccc(Br)nc21. The van der Waals surface area contributed by atoms with E-state index in [-0.39, 0.29) is 5.91 Å². The number of halogens is 1. The number of hydrogen-bond acceptors (Lipinski definition) is 2. The third-order valence-electron chi connectivity index (χ3n) is 2.88. The molecule has 0 radical (unpaired) electrons. The highest BCUT2D eigenvalue weighted by atomic mass is 79.9. The number of aryl methyl sites for hydroxylation is 1. The summed E-state index contributed by atoms with van der Waals surface area (Å²) in [7, 11) is 0. The molecule has 2 heterocycles. The van der Waals surface area contributed by atoms with E-state index in [1.165, 1.54) is 0 Å². The van der Waals surface area contributed by atoms with Crippen molar-refractivity contribution in [2.75, 3.05) is 11.4 Å². The van der Waals surface area contributed by atoms with Gasteiger partial charge in [-0.3, -0.25) is 9.69 Å². The summed E-state index contributed by atoms with van der Waals surface area (Å²) in [5.74, 6) is 0.992. The van der Waals surface area contributed by atoms with Crippen LogP contribution in [0.5, 0.6) is 0 Å². The van der Waals surface area contributed by atoms with Crippen molar-refractivity contribution in [3.05, 3.63) is 35.0 Å². The van der Waals surface area contributed by atoms with Gasteiger partial charge in [-0.2, -0.15) is 0 Å². The quantitative estimate of drug-likeness (QED) is 0.486. The molecule has 0 saturated heterocycles.